The van der Waals surface area contributed by atoms with Gasteiger partial charge in [0, 0.05) is 19.5 Å². The van der Waals surface area contributed by atoms with Gasteiger partial charge in [-0.2, -0.15) is 0 Å². The van der Waals surface area contributed by atoms with E-state index in [0.717, 1.165) is 0 Å². The second kappa shape index (κ2) is 6.10. The molecule has 0 radical (unpaired) electrons. The fraction of sp³-hybridized carbons (Fsp3) is 0.417. The summed E-state index contributed by atoms with van der Waals surface area (Å²) in [5, 5.41) is 15.2. The Bertz CT molecular complexity index is 358. The molecule has 0 aliphatic heterocycles. The summed E-state index contributed by atoms with van der Waals surface area (Å²) < 4.78 is 5.14. The Morgan fingerprint density at radius 2 is 2.41 bits per heavy atom. The van der Waals surface area contributed by atoms with E-state index in [1.165, 1.54) is 0 Å². The van der Waals surface area contributed by atoms with Gasteiger partial charge in [0.1, 0.15) is 5.76 Å². The molecule has 0 bridgehead atoms. The molecule has 0 saturated heterocycles. The summed E-state index contributed by atoms with van der Waals surface area (Å²) in [6, 6.07) is 3.21. The van der Waals surface area contributed by atoms with E-state index in [1.807, 2.05) is 0 Å². The SMILES string of the molecule is C=CCNC(=O)NCC(C)(O)Cc1ccco1. The van der Waals surface area contributed by atoms with Gasteiger partial charge in [0.05, 0.1) is 11.9 Å². The molecule has 0 fully saturated rings. The van der Waals surface area contributed by atoms with E-state index in [9.17, 15) is 9.90 Å². The van der Waals surface area contributed by atoms with E-state index in [1.54, 1.807) is 31.4 Å². The minimum absolute atomic E-state index is 0.149. The molecule has 1 rings (SSSR count). The Balaban J connectivity index is 2.33. The van der Waals surface area contributed by atoms with Gasteiger partial charge in [-0.15, -0.1) is 6.58 Å². The van der Waals surface area contributed by atoms with Gasteiger partial charge in [-0.3, -0.25) is 0 Å². The maximum absolute atomic E-state index is 11.2. The van der Waals surface area contributed by atoms with E-state index in [4.69, 9.17) is 4.42 Å². The predicted molar refractivity (Wildman–Crippen MR) is 64.6 cm³/mol. The first-order valence-corrected chi connectivity index (χ1v) is 5.41. The highest BCUT2D eigenvalue weighted by atomic mass is 16.3. The van der Waals surface area contributed by atoms with Crippen molar-refractivity contribution >= 4 is 6.03 Å². The van der Waals surface area contributed by atoms with E-state index >= 15 is 0 Å². The number of carbonyl (C=O) groups excluding carboxylic acids is 1. The monoisotopic (exact) mass is 238 g/mol. The minimum atomic E-state index is -1.04. The van der Waals surface area contributed by atoms with Crippen LogP contribution in [0, 0.1) is 0 Å². The van der Waals surface area contributed by atoms with Gasteiger partial charge in [0.25, 0.3) is 0 Å². The van der Waals surface area contributed by atoms with E-state index in [2.05, 4.69) is 17.2 Å². The maximum Gasteiger partial charge on any atom is 0.315 e. The van der Waals surface area contributed by atoms with Gasteiger partial charge in [-0.25, -0.2) is 4.79 Å². The predicted octanol–water partition coefficient (Wildman–Crippen LogP) is 1.06. The molecular formula is C12H18N2O3. The van der Waals surface area contributed by atoms with E-state index < -0.39 is 5.60 Å². The molecule has 1 unspecified atom stereocenters. The van der Waals surface area contributed by atoms with Crippen LogP contribution in [0.2, 0.25) is 0 Å². The zero-order valence-electron chi connectivity index (χ0n) is 9.90. The minimum Gasteiger partial charge on any atom is -0.469 e. The molecule has 0 spiro atoms. The smallest absolute Gasteiger partial charge is 0.315 e. The first-order chi connectivity index (χ1) is 8.03. The summed E-state index contributed by atoms with van der Waals surface area (Å²) in [6.07, 6.45) is 3.48. The van der Waals surface area contributed by atoms with Crippen molar-refractivity contribution in [2.24, 2.45) is 0 Å². The first kappa shape index (κ1) is 13.3. The normalized spacial score (nSPS) is 13.8. The molecule has 17 heavy (non-hydrogen) atoms. The Labute approximate surface area is 101 Å². The van der Waals surface area contributed by atoms with Crippen molar-refractivity contribution in [2.75, 3.05) is 13.1 Å². The van der Waals surface area contributed by atoms with Crippen LogP contribution in [-0.4, -0.2) is 29.8 Å². The Morgan fingerprint density at radius 3 is 3.00 bits per heavy atom. The zero-order chi connectivity index (χ0) is 12.7. The van der Waals surface area contributed by atoms with Crippen LogP contribution in [0.5, 0.6) is 0 Å². The van der Waals surface area contributed by atoms with Crippen LogP contribution in [0.25, 0.3) is 0 Å². The summed E-state index contributed by atoms with van der Waals surface area (Å²) in [7, 11) is 0. The van der Waals surface area contributed by atoms with Gasteiger partial charge in [-0.1, -0.05) is 6.08 Å². The van der Waals surface area contributed by atoms with Crippen LogP contribution >= 0.6 is 0 Å². The maximum atomic E-state index is 11.2. The summed E-state index contributed by atoms with van der Waals surface area (Å²) in [5.41, 5.74) is -1.04. The van der Waals surface area contributed by atoms with Gasteiger partial charge < -0.3 is 20.2 Å². The Hall–Kier alpha value is -1.75. The van der Waals surface area contributed by atoms with E-state index in [0.29, 0.717) is 18.7 Å². The Kier molecular flexibility index (Phi) is 4.78. The van der Waals surface area contributed by atoms with Crippen molar-refractivity contribution in [3.05, 3.63) is 36.8 Å². The molecule has 94 valence electrons. The molecule has 0 saturated carbocycles. The number of furan rings is 1. The molecule has 0 aliphatic rings. The lowest BCUT2D eigenvalue weighted by Gasteiger charge is -2.22. The second-order valence-corrected chi connectivity index (χ2v) is 4.11. The number of amides is 2. The van der Waals surface area contributed by atoms with Gasteiger partial charge >= 0.3 is 6.03 Å². The summed E-state index contributed by atoms with van der Waals surface area (Å²) in [4.78, 5) is 11.2. The van der Waals surface area contributed by atoms with Crippen molar-refractivity contribution in [2.45, 2.75) is 18.9 Å². The van der Waals surface area contributed by atoms with E-state index in [-0.39, 0.29) is 12.6 Å². The second-order valence-electron chi connectivity index (χ2n) is 4.11. The summed E-state index contributed by atoms with van der Waals surface area (Å²) in [6.45, 7) is 5.67. The molecule has 5 nitrogen and oxygen atoms in total. The van der Waals surface area contributed by atoms with Crippen LogP contribution in [0.15, 0.2) is 35.5 Å². The Morgan fingerprint density at radius 1 is 1.65 bits per heavy atom. The fourth-order valence-corrected chi connectivity index (χ4v) is 1.35. The third-order valence-corrected chi connectivity index (χ3v) is 2.17. The number of carbonyl (C=O) groups is 1. The average molecular weight is 238 g/mol. The molecular weight excluding hydrogens is 220 g/mol. The van der Waals surface area contributed by atoms with Crippen molar-refractivity contribution in [3.8, 4) is 0 Å². The largest absolute Gasteiger partial charge is 0.469 e. The molecule has 1 aromatic heterocycles. The summed E-state index contributed by atoms with van der Waals surface area (Å²) >= 11 is 0. The van der Waals surface area contributed by atoms with Gasteiger partial charge in [-0.05, 0) is 19.1 Å². The van der Waals surface area contributed by atoms with Crippen molar-refractivity contribution in [1.29, 1.82) is 0 Å². The molecule has 1 aromatic rings. The third kappa shape index (κ3) is 5.21. The highest BCUT2D eigenvalue weighted by Crippen LogP contribution is 2.12. The molecule has 3 N–H and O–H groups in total. The molecule has 2 amide bonds. The molecule has 0 aromatic carbocycles. The average Bonchev–Trinajstić information content (AvgIpc) is 2.75. The molecule has 1 heterocycles. The van der Waals surface area contributed by atoms with Crippen molar-refractivity contribution in [1.82, 2.24) is 10.6 Å². The number of rotatable bonds is 6. The third-order valence-electron chi connectivity index (χ3n) is 2.17. The molecule has 0 aliphatic carbocycles. The zero-order valence-corrected chi connectivity index (χ0v) is 9.90. The number of hydrogen-bond donors (Lipinski definition) is 3. The summed E-state index contributed by atoms with van der Waals surface area (Å²) in [5.74, 6) is 0.684. The van der Waals surface area contributed by atoms with Crippen LogP contribution < -0.4 is 10.6 Å². The molecule has 5 heteroatoms. The lowest BCUT2D eigenvalue weighted by atomic mass is 10.0. The van der Waals surface area contributed by atoms with Crippen LogP contribution in [-0.2, 0) is 6.42 Å². The van der Waals surface area contributed by atoms with Crippen LogP contribution in [0.1, 0.15) is 12.7 Å². The van der Waals surface area contributed by atoms with Gasteiger partial charge in [0.2, 0.25) is 0 Å². The highest BCUT2D eigenvalue weighted by Gasteiger charge is 2.23. The fourth-order valence-electron chi connectivity index (χ4n) is 1.35. The van der Waals surface area contributed by atoms with Gasteiger partial charge in [0.15, 0.2) is 0 Å². The first-order valence-electron chi connectivity index (χ1n) is 5.41. The highest BCUT2D eigenvalue weighted by molar-refractivity contribution is 5.74. The number of nitrogens with one attached hydrogen (secondary N) is 2. The number of aliphatic hydroxyl groups is 1. The number of hydrogen-bond acceptors (Lipinski definition) is 3. The topological polar surface area (TPSA) is 74.5 Å². The quantitative estimate of drug-likeness (QED) is 0.649. The molecule has 1 atom stereocenters. The van der Waals surface area contributed by atoms with Crippen molar-refractivity contribution in [3.63, 3.8) is 0 Å². The van der Waals surface area contributed by atoms with Crippen molar-refractivity contribution < 1.29 is 14.3 Å². The lowest BCUT2D eigenvalue weighted by molar-refractivity contribution is 0.0572. The van der Waals surface area contributed by atoms with Crippen LogP contribution in [0.4, 0.5) is 4.79 Å². The number of urea groups is 1. The van der Waals surface area contributed by atoms with Crippen LogP contribution in [0.3, 0.4) is 0 Å². The standard InChI is InChI=1S/C12H18N2O3/c1-3-6-13-11(15)14-9-12(2,16)8-10-5-4-7-17-10/h3-5,7,16H,1,6,8-9H2,2H3,(H2,13,14,15). The lowest BCUT2D eigenvalue weighted by Crippen LogP contribution is -2.45.